The lowest BCUT2D eigenvalue weighted by atomic mass is 10.1. The molecule has 0 bridgehead atoms. The Morgan fingerprint density at radius 1 is 1.28 bits per heavy atom. The van der Waals surface area contributed by atoms with E-state index in [9.17, 15) is 4.79 Å². The van der Waals surface area contributed by atoms with Crippen molar-refractivity contribution in [1.82, 2.24) is 9.38 Å². The van der Waals surface area contributed by atoms with Crippen molar-refractivity contribution in [2.24, 2.45) is 0 Å². The number of aromatic nitrogens is 2. The van der Waals surface area contributed by atoms with Crippen LogP contribution in [0.2, 0.25) is 0 Å². The second-order valence-electron chi connectivity index (χ2n) is 5.60. The topological polar surface area (TPSA) is 64.9 Å². The number of aryl methyl sites for hydroxylation is 1. The maximum atomic E-state index is 11.8. The second-order valence-corrected chi connectivity index (χ2v) is 5.60. The molecule has 1 aromatic carbocycles. The SMILES string of the molecule is CCOC(=O)CNc1c(-c2ccccc2OC)nc2cc(C)ccn12. The zero-order chi connectivity index (χ0) is 17.8. The molecule has 0 aliphatic rings. The average molecular weight is 339 g/mol. The number of carbonyl (C=O) groups is 1. The number of pyridine rings is 1. The number of hydrogen-bond donors (Lipinski definition) is 1. The molecule has 130 valence electrons. The predicted molar refractivity (Wildman–Crippen MR) is 97.0 cm³/mol. The molecule has 6 nitrogen and oxygen atoms in total. The zero-order valence-corrected chi connectivity index (χ0v) is 14.6. The van der Waals surface area contributed by atoms with Gasteiger partial charge in [0.2, 0.25) is 0 Å². The first-order valence-corrected chi connectivity index (χ1v) is 8.15. The minimum absolute atomic E-state index is 0.0671. The number of hydrogen-bond acceptors (Lipinski definition) is 5. The van der Waals surface area contributed by atoms with Gasteiger partial charge in [0, 0.05) is 11.8 Å². The largest absolute Gasteiger partial charge is 0.496 e. The Bertz CT molecular complexity index is 902. The van der Waals surface area contributed by atoms with Crippen molar-refractivity contribution < 1.29 is 14.3 Å². The molecule has 3 aromatic rings. The van der Waals surface area contributed by atoms with Crippen molar-refractivity contribution in [3.8, 4) is 17.0 Å². The van der Waals surface area contributed by atoms with E-state index in [4.69, 9.17) is 14.5 Å². The lowest BCUT2D eigenvalue weighted by molar-refractivity contribution is -0.140. The van der Waals surface area contributed by atoms with Crippen molar-refractivity contribution in [1.29, 1.82) is 0 Å². The highest BCUT2D eigenvalue weighted by Gasteiger charge is 2.18. The van der Waals surface area contributed by atoms with Crippen LogP contribution in [0.3, 0.4) is 0 Å². The molecule has 0 radical (unpaired) electrons. The quantitative estimate of drug-likeness (QED) is 0.698. The van der Waals surface area contributed by atoms with E-state index in [2.05, 4.69) is 5.32 Å². The summed E-state index contributed by atoms with van der Waals surface area (Å²) in [5.41, 5.74) is 3.50. The number of carbonyl (C=O) groups excluding carboxylic acids is 1. The van der Waals surface area contributed by atoms with Crippen LogP contribution in [0.4, 0.5) is 5.82 Å². The molecule has 0 spiro atoms. The molecule has 1 N–H and O–H groups in total. The third-order valence-electron chi connectivity index (χ3n) is 3.85. The standard InChI is InChI=1S/C19H21N3O3/c1-4-25-17(23)12-20-19-18(14-7-5-6-8-15(14)24-3)21-16-11-13(2)9-10-22(16)19/h5-11,20H,4,12H2,1-3H3. The van der Waals surface area contributed by atoms with Gasteiger partial charge in [-0.2, -0.15) is 0 Å². The van der Waals surface area contributed by atoms with Crippen LogP contribution in [-0.2, 0) is 9.53 Å². The maximum Gasteiger partial charge on any atom is 0.325 e. The number of nitrogens with zero attached hydrogens (tertiary/aromatic N) is 2. The van der Waals surface area contributed by atoms with E-state index in [0.717, 1.165) is 34.0 Å². The zero-order valence-electron chi connectivity index (χ0n) is 14.6. The number of para-hydroxylation sites is 1. The molecule has 0 unspecified atom stereocenters. The first-order chi connectivity index (χ1) is 12.1. The first-order valence-electron chi connectivity index (χ1n) is 8.15. The van der Waals surface area contributed by atoms with Crippen LogP contribution in [0.15, 0.2) is 42.6 Å². The molecular formula is C19H21N3O3. The summed E-state index contributed by atoms with van der Waals surface area (Å²) in [6.45, 7) is 4.22. The van der Waals surface area contributed by atoms with Crippen molar-refractivity contribution in [3.05, 3.63) is 48.2 Å². The Labute approximate surface area is 146 Å². The van der Waals surface area contributed by atoms with Gasteiger partial charge in [0.05, 0.1) is 13.7 Å². The van der Waals surface area contributed by atoms with Gasteiger partial charge in [0.15, 0.2) is 0 Å². The molecular weight excluding hydrogens is 318 g/mol. The minimum Gasteiger partial charge on any atom is -0.496 e. The molecule has 0 fully saturated rings. The van der Waals surface area contributed by atoms with E-state index in [1.165, 1.54) is 0 Å². The number of anilines is 1. The van der Waals surface area contributed by atoms with Crippen LogP contribution in [0, 0.1) is 6.92 Å². The minimum atomic E-state index is -0.310. The summed E-state index contributed by atoms with van der Waals surface area (Å²) in [6.07, 6.45) is 1.93. The molecule has 2 heterocycles. The van der Waals surface area contributed by atoms with Crippen LogP contribution in [0.5, 0.6) is 5.75 Å². The number of esters is 1. The van der Waals surface area contributed by atoms with E-state index in [1.54, 1.807) is 14.0 Å². The molecule has 0 saturated heterocycles. The lowest BCUT2D eigenvalue weighted by Gasteiger charge is -2.10. The summed E-state index contributed by atoms with van der Waals surface area (Å²) in [5, 5.41) is 3.16. The van der Waals surface area contributed by atoms with Crippen molar-refractivity contribution in [2.45, 2.75) is 13.8 Å². The fourth-order valence-corrected chi connectivity index (χ4v) is 2.71. The third kappa shape index (κ3) is 3.42. The molecule has 6 heteroatoms. The summed E-state index contributed by atoms with van der Waals surface area (Å²) in [6, 6.07) is 11.7. The van der Waals surface area contributed by atoms with E-state index in [0.29, 0.717) is 6.61 Å². The summed E-state index contributed by atoms with van der Waals surface area (Å²) in [5.74, 6) is 1.14. The van der Waals surface area contributed by atoms with Crippen molar-refractivity contribution >= 4 is 17.4 Å². The van der Waals surface area contributed by atoms with Crippen molar-refractivity contribution in [3.63, 3.8) is 0 Å². The Balaban J connectivity index is 2.10. The number of rotatable bonds is 6. The predicted octanol–water partition coefficient (Wildman–Crippen LogP) is 3.29. The van der Waals surface area contributed by atoms with Gasteiger partial charge in [-0.1, -0.05) is 12.1 Å². The van der Waals surface area contributed by atoms with E-state index in [-0.39, 0.29) is 12.5 Å². The highest BCUT2D eigenvalue weighted by atomic mass is 16.5. The summed E-state index contributed by atoms with van der Waals surface area (Å²) >= 11 is 0. The smallest absolute Gasteiger partial charge is 0.325 e. The highest BCUT2D eigenvalue weighted by molar-refractivity contribution is 5.83. The molecule has 0 atom stereocenters. The third-order valence-corrected chi connectivity index (χ3v) is 3.85. The van der Waals surface area contributed by atoms with Crippen LogP contribution < -0.4 is 10.1 Å². The molecule has 25 heavy (non-hydrogen) atoms. The van der Waals surface area contributed by atoms with Gasteiger partial charge < -0.3 is 14.8 Å². The Kier molecular flexibility index (Phi) is 4.88. The van der Waals surface area contributed by atoms with Gasteiger partial charge in [-0.3, -0.25) is 9.20 Å². The summed E-state index contributed by atoms with van der Waals surface area (Å²) < 4.78 is 12.4. The van der Waals surface area contributed by atoms with Gasteiger partial charge >= 0.3 is 5.97 Å². The fraction of sp³-hybridized carbons (Fsp3) is 0.263. The number of methoxy groups -OCH3 is 1. The first kappa shape index (κ1) is 16.8. The van der Waals surface area contributed by atoms with Crippen LogP contribution in [-0.4, -0.2) is 35.6 Å². The molecule has 2 aromatic heterocycles. The van der Waals surface area contributed by atoms with E-state index < -0.39 is 0 Å². The average Bonchev–Trinajstić information content (AvgIpc) is 2.97. The Morgan fingerprint density at radius 3 is 2.84 bits per heavy atom. The van der Waals surface area contributed by atoms with Gasteiger partial charge in [-0.05, 0) is 43.7 Å². The van der Waals surface area contributed by atoms with Crippen LogP contribution >= 0.6 is 0 Å². The molecule has 0 amide bonds. The monoisotopic (exact) mass is 339 g/mol. The Hall–Kier alpha value is -3.02. The van der Waals surface area contributed by atoms with Gasteiger partial charge in [0.1, 0.15) is 29.5 Å². The molecule has 0 aliphatic heterocycles. The number of nitrogens with one attached hydrogen (secondary N) is 1. The van der Waals surface area contributed by atoms with Crippen LogP contribution in [0.1, 0.15) is 12.5 Å². The number of fused-ring (bicyclic) bond motifs is 1. The van der Waals surface area contributed by atoms with Crippen molar-refractivity contribution in [2.75, 3.05) is 25.6 Å². The lowest BCUT2D eigenvalue weighted by Crippen LogP contribution is -2.17. The Morgan fingerprint density at radius 2 is 2.08 bits per heavy atom. The maximum absolute atomic E-state index is 11.8. The van der Waals surface area contributed by atoms with E-state index >= 15 is 0 Å². The number of imidazole rings is 1. The highest BCUT2D eigenvalue weighted by Crippen LogP contribution is 2.35. The summed E-state index contributed by atoms with van der Waals surface area (Å²) in [7, 11) is 1.63. The summed E-state index contributed by atoms with van der Waals surface area (Å²) in [4.78, 5) is 16.5. The van der Waals surface area contributed by atoms with Gasteiger partial charge in [0.25, 0.3) is 0 Å². The van der Waals surface area contributed by atoms with Gasteiger partial charge in [-0.25, -0.2) is 4.98 Å². The molecule has 0 aliphatic carbocycles. The molecule has 0 saturated carbocycles. The normalized spacial score (nSPS) is 10.7. The number of benzene rings is 1. The second kappa shape index (κ2) is 7.25. The number of ether oxygens (including phenoxy) is 2. The van der Waals surface area contributed by atoms with E-state index in [1.807, 2.05) is 53.9 Å². The van der Waals surface area contributed by atoms with Crippen LogP contribution in [0.25, 0.3) is 16.9 Å². The molecule has 3 rings (SSSR count). The fourth-order valence-electron chi connectivity index (χ4n) is 2.71. The van der Waals surface area contributed by atoms with Gasteiger partial charge in [-0.15, -0.1) is 0 Å².